The maximum Gasteiger partial charge on any atom is 0.339 e. The van der Waals surface area contributed by atoms with Crippen molar-refractivity contribution in [1.82, 2.24) is 5.32 Å². The molecule has 1 aromatic heterocycles. The van der Waals surface area contributed by atoms with Crippen LogP contribution in [0.3, 0.4) is 0 Å². The highest BCUT2D eigenvalue weighted by molar-refractivity contribution is 7.98. The van der Waals surface area contributed by atoms with Crippen LogP contribution in [0.4, 0.5) is 0 Å². The zero-order valence-corrected chi connectivity index (χ0v) is 18.8. The van der Waals surface area contributed by atoms with Crippen LogP contribution in [-0.2, 0) is 28.2 Å². The number of carbonyl (C=O) groups is 2. The number of thioether (sulfide) groups is 1. The average Bonchev–Trinajstić information content (AvgIpc) is 2.82. The van der Waals surface area contributed by atoms with Gasteiger partial charge in [0.2, 0.25) is 0 Å². The Labute approximate surface area is 195 Å². The molecule has 1 atom stereocenters. The van der Waals surface area contributed by atoms with Crippen LogP contribution in [0.25, 0.3) is 11.0 Å². The minimum atomic E-state index is -1.35. The number of fused-ring (bicyclic) bond motifs is 3. The minimum absolute atomic E-state index is 0.176. The number of carboxylic acid groups (broad SMARTS) is 1. The van der Waals surface area contributed by atoms with E-state index in [2.05, 4.69) is 5.32 Å². The number of nitrogens with one attached hydrogen (secondary N) is 1. The topological polar surface area (TPSA) is 109 Å². The molecule has 7 nitrogen and oxygen atoms in total. The number of hydrogen-bond donors (Lipinski definition) is 1. The van der Waals surface area contributed by atoms with Crippen LogP contribution in [0.1, 0.15) is 29.5 Å². The van der Waals surface area contributed by atoms with Crippen molar-refractivity contribution in [3.8, 4) is 5.75 Å². The monoisotopic (exact) mass is 466 g/mol. The highest BCUT2D eigenvalue weighted by Gasteiger charge is 2.19. The van der Waals surface area contributed by atoms with Crippen molar-refractivity contribution in [3.63, 3.8) is 0 Å². The van der Waals surface area contributed by atoms with Gasteiger partial charge in [0.05, 0.1) is 12.0 Å². The summed E-state index contributed by atoms with van der Waals surface area (Å²) in [6.07, 6.45) is 3.59. The van der Waals surface area contributed by atoms with Crippen molar-refractivity contribution in [2.24, 2.45) is 0 Å². The Bertz CT molecular complexity index is 1210. The molecule has 1 aliphatic rings. The van der Waals surface area contributed by atoms with Gasteiger partial charge in [0.25, 0.3) is 5.91 Å². The standard InChI is InChI=1S/C25H25NO6S/c27-23(26-21(24(28)29)15-33-14-16-6-2-1-3-7-16)13-31-17-10-11-19-18-8-4-5-9-20(18)25(30)32-22(19)12-17/h1-3,6-7,10-12,21H,4-5,8-9,13-15H2,(H,26,27)(H,28,29)/p-1/t21-/m0/s1. The molecular weight excluding hydrogens is 442 g/mol. The predicted octanol–water partition coefficient (Wildman–Crippen LogP) is 2.22. The van der Waals surface area contributed by atoms with E-state index in [1.807, 2.05) is 36.4 Å². The van der Waals surface area contributed by atoms with Crippen LogP contribution in [0.5, 0.6) is 5.75 Å². The highest BCUT2D eigenvalue weighted by Crippen LogP contribution is 2.29. The molecule has 3 aromatic rings. The fourth-order valence-electron chi connectivity index (χ4n) is 3.94. The first-order chi connectivity index (χ1) is 16.0. The largest absolute Gasteiger partial charge is 0.548 e. The molecule has 8 heteroatoms. The van der Waals surface area contributed by atoms with Crippen LogP contribution in [-0.4, -0.2) is 30.3 Å². The zero-order chi connectivity index (χ0) is 23.2. The van der Waals surface area contributed by atoms with Gasteiger partial charge in [0.1, 0.15) is 11.3 Å². The van der Waals surface area contributed by atoms with Crippen molar-refractivity contribution in [1.29, 1.82) is 0 Å². The van der Waals surface area contributed by atoms with E-state index in [0.29, 0.717) is 17.1 Å². The summed E-state index contributed by atoms with van der Waals surface area (Å²) in [5, 5.41) is 14.7. The summed E-state index contributed by atoms with van der Waals surface area (Å²) in [4.78, 5) is 36.0. The number of rotatable bonds is 9. The molecule has 4 rings (SSSR count). The van der Waals surface area contributed by atoms with E-state index in [4.69, 9.17) is 9.15 Å². The lowest BCUT2D eigenvalue weighted by atomic mass is 9.91. The Hall–Kier alpha value is -3.26. The van der Waals surface area contributed by atoms with E-state index >= 15 is 0 Å². The predicted molar refractivity (Wildman–Crippen MR) is 124 cm³/mol. The minimum Gasteiger partial charge on any atom is -0.548 e. The van der Waals surface area contributed by atoms with Crippen molar-refractivity contribution >= 4 is 34.6 Å². The number of hydrogen-bond acceptors (Lipinski definition) is 7. The number of amides is 1. The molecule has 0 fully saturated rings. The quantitative estimate of drug-likeness (QED) is 0.482. The first-order valence-electron chi connectivity index (χ1n) is 10.8. The van der Waals surface area contributed by atoms with E-state index in [1.54, 1.807) is 12.1 Å². The Morgan fingerprint density at radius 3 is 2.61 bits per heavy atom. The summed E-state index contributed by atoms with van der Waals surface area (Å²) in [7, 11) is 0. The van der Waals surface area contributed by atoms with Gasteiger partial charge in [-0.1, -0.05) is 30.3 Å². The van der Waals surface area contributed by atoms with E-state index in [-0.39, 0.29) is 18.0 Å². The van der Waals surface area contributed by atoms with E-state index in [1.165, 1.54) is 11.8 Å². The molecule has 0 bridgehead atoms. The van der Waals surface area contributed by atoms with Gasteiger partial charge in [-0.2, -0.15) is 11.8 Å². The van der Waals surface area contributed by atoms with Crippen LogP contribution in [0.15, 0.2) is 57.7 Å². The molecule has 0 saturated heterocycles. The summed E-state index contributed by atoms with van der Waals surface area (Å²) >= 11 is 1.39. The second-order valence-corrected chi connectivity index (χ2v) is 8.97. The molecular formula is C25H24NO6S-. The summed E-state index contributed by atoms with van der Waals surface area (Å²) < 4.78 is 11.0. The van der Waals surface area contributed by atoms with Crippen molar-refractivity contribution in [2.75, 3.05) is 12.4 Å². The highest BCUT2D eigenvalue weighted by atomic mass is 32.2. The molecule has 1 aliphatic carbocycles. The second-order valence-electron chi connectivity index (χ2n) is 7.94. The molecule has 0 spiro atoms. The van der Waals surface area contributed by atoms with Gasteiger partial charge in [0, 0.05) is 28.5 Å². The summed E-state index contributed by atoms with van der Waals surface area (Å²) in [6.45, 7) is -0.367. The van der Waals surface area contributed by atoms with Crippen LogP contribution in [0.2, 0.25) is 0 Å². The SMILES string of the molecule is O=C(COc1ccc2c3c(c(=O)oc2c1)CCCC3)N[C@@H](CSCc1ccccc1)C(=O)[O-]. The number of aryl methyl sites for hydroxylation is 1. The normalized spacial score (nSPS) is 13.8. The van der Waals surface area contributed by atoms with E-state index < -0.39 is 17.9 Å². The Kier molecular flexibility index (Phi) is 7.34. The molecule has 33 heavy (non-hydrogen) atoms. The number of carbonyl (C=O) groups excluding carboxylic acids is 2. The molecule has 0 saturated carbocycles. The van der Waals surface area contributed by atoms with Crippen LogP contribution < -0.4 is 20.8 Å². The number of benzene rings is 2. The van der Waals surface area contributed by atoms with Crippen molar-refractivity contribution in [3.05, 3.63) is 75.6 Å². The summed E-state index contributed by atoms with van der Waals surface area (Å²) in [5.74, 6) is -0.754. The molecule has 1 N–H and O–H groups in total. The van der Waals surface area contributed by atoms with Gasteiger partial charge < -0.3 is 24.4 Å². The average molecular weight is 467 g/mol. The van der Waals surface area contributed by atoms with Gasteiger partial charge in [-0.25, -0.2) is 4.79 Å². The molecule has 2 aromatic carbocycles. The smallest absolute Gasteiger partial charge is 0.339 e. The molecule has 1 amide bonds. The Morgan fingerprint density at radius 2 is 1.85 bits per heavy atom. The third-order valence-electron chi connectivity index (χ3n) is 5.58. The molecule has 172 valence electrons. The lowest BCUT2D eigenvalue weighted by molar-refractivity contribution is -0.307. The fraction of sp³-hybridized carbons (Fsp3) is 0.320. The van der Waals surface area contributed by atoms with Crippen LogP contribution >= 0.6 is 11.8 Å². The number of carboxylic acids is 1. The van der Waals surface area contributed by atoms with Gasteiger partial charge in [-0.3, -0.25) is 4.79 Å². The van der Waals surface area contributed by atoms with Gasteiger partial charge in [-0.15, -0.1) is 0 Å². The number of ether oxygens (including phenoxy) is 1. The molecule has 0 unspecified atom stereocenters. The maximum atomic E-state index is 12.3. The fourth-order valence-corrected chi connectivity index (χ4v) is 4.94. The van der Waals surface area contributed by atoms with Crippen molar-refractivity contribution in [2.45, 2.75) is 37.5 Å². The van der Waals surface area contributed by atoms with E-state index in [9.17, 15) is 19.5 Å². The van der Waals surface area contributed by atoms with Gasteiger partial charge in [-0.05, 0) is 48.9 Å². The lowest BCUT2D eigenvalue weighted by Crippen LogP contribution is -2.50. The Balaban J connectivity index is 1.34. The molecule has 0 radical (unpaired) electrons. The first kappa shape index (κ1) is 22.9. The maximum absolute atomic E-state index is 12.3. The summed E-state index contributed by atoms with van der Waals surface area (Å²) in [6, 6.07) is 13.7. The van der Waals surface area contributed by atoms with E-state index in [0.717, 1.165) is 47.8 Å². The molecule has 1 heterocycles. The Morgan fingerprint density at radius 1 is 1.09 bits per heavy atom. The van der Waals surface area contributed by atoms with Gasteiger partial charge in [0.15, 0.2) is 6.61 Å². The van der Waals surface area contributed by atoms with Crippen LogP contribution in [0, 0.1) is 0 Å². The van der Waals surface area contributed by atoms with Crippen molar-refractivity contribution < 1.29 is 23.8 Å². The summed E-state index contributed by atoms with van der Waals surface area (Å²) in [5.41, 5.74) is 2.95. The molecule has 0 aliphatic heterocycles. The lowest BCUT2D eigenvalue weighted by Gasteiger charge is -2.19. The van der Waals surface area contributed by atoms with Gasteiger partial charge >= 0.3 is 5.63 Å². The second kappa shape index (κ2) is 10.6. The zero-order valence-electron chi connectivity index (χ0n) is 18.0. The third kappa shape index (κ3) is 5.76. The first-order valence-corrected chi connectivity index (χ1v) is 12.0. The third-order valence-corrected chi connectivity index (χ3v) is 6.69. The number of aliphatic carboxylic acids is 1.